The number of carbonyl (C=O) groups is 4. The summed E-state index contributed by atoms with van der Waals surface area (Å²) in [5.41, 5.74) is -0.515. The van der Waals surface area contributed by atoms with E-state index in [4.69, 9.17) is 0 Å². The number of rotatable bonds is 5. The predicted molar refractivity (Wildman–Crippen MR) is 299 cm³/mol. The summed E-state index contributed by atoms with van der Waals surface area (Å²) in [6.07, 6.45) is 22.8. The minimum absolute atomic E-state index is 0.148. The Kier molecular flexibility index (Phi) is 21.1. The van der Waals surface area contributed by atoms with Crippen molar-refractivity contribution in [2.24, 2.45) is 93.7 Å². The Morgan fingerprint density at radius 3 is 1.35 bits per heavy atom. The first-order valence-corrected chi connectivity index (χ1v) is 31.5. The summed E-state index contributed by atoms with van der Waals surface area (Å²) in [6, 6.07) is 0. The van der Waals surface area contributed by atoms with Crippen LogP contribution in [0.4, 0.5) is 0 Å². The molecule has 10 nitrogen and oxygen atoms in total. The molecule has 10 aliphatic rings. The van der Waals surface area contributed by atoms with Crippen LogP contribution in [0.25, 0.3) is 0 Å². The number of amides is 2. The van der Waals surface area contributed by atoms with Crippen LogP contribution in [-0.4, -0.2) is 136 Å². The Morgan fingerprint density at radius 1 is 0.549 bits per heavy atom. The van der Waals surface area contributed by atoms with E-state index in [1.807, 2.05) is 9.80 Å². The molecule has 8 saturated carbocycles. The monoisotopic (exact) mass is 1090 g/mol. The Morgan fingerprint density at radius 2 is 0.958 bits per heavy atom. The number of hydrogen-bond donors (Lipinski definition) is 5. The van der Waals surface area contributed by atoms with Crippen LogP contribution < -0.4 is 5.32 Å². The van der Waals surface area contributed by atoms with Crippen molar-refractivity contribution in [3.63, 3.8) is 0 Å². The van der Waals surface area contributed by atoms with Gasteiger partial charge in [0.05, 0.1) is 23.1 Å². The molecular weight excluding hydrogens is 993 g/mol. The molecule has 0 spiro atoms. The van der Waals surface area contributed by atoms with Gasteiger partial charge in [-0.05, 0) is 211 Å². The standard InChI is InChI=1S/C28H46N2O3.C22H35BrO2.C6H12N2O.2CH4S/c1-18-15-23-20(16-28(18,4)33)5-6-22-21(23)9-10-27(3)24(22)7-8-25(27)26(32)17-29-11-13-30(14-12-29)19(2)31;1-13-10-17-14(11-22(13,3)25)4-5-16-15(17)8-9-21(2)18(16)6-7-19(21)20(24)12-23;1-6(9)8-4-2-7-3-5-8;2*1-2/h18,20-25,33H,5-17H2,1-4H3;13-19,25H,4-12H2,1-3H3;7H,2-5H2,1H3;2*2H,1H3/t18-,20-,21-,22+,23-,24-,25+,27-,28-;13-,14-,15-,16+,17-,18-,19+,21-,22-;;;/m00.../s1. The topological polar surface area (TPSA) is 130 Å². The van der Waals surface area contributed by atoms with Crippen LogP contribution in [-0.2, 0) is 19.2 Å². The van der Waals surface area contributed by atoms with Crippen molar-refractivity contribution in [1.82, 2.24) is 20.0 Å². The molecule has 0 aromatic carbocycles. The Bertz CT molecular complexity index is 1790. The predicted octanol–water partition coefficient (Wildman–Crippen LogP) is 9.73. The number of thiol groups is 2. The number of alkyl halides is 1. The molecule has 10 fully saturated rings. The lowest BCUT2D eigenvalue weighted by Crippen LogP contribution is -2.53. The van der Waals surface area contributed by atoms with Gasteiger partial charge in [0.25, 0.3) is 0 Å². The van der Waals surface area contributed by atoms with E-state index in [0.717, 1.165) is 125 Å². The Hall–Kier alpha value is -0.700. The molecule has 3 N–H and O–H groups in total. The van der Waals surface area contributed by atoms with E-state index in [0.29, 0.717) is 53.0 Å². The quantitative estimate of drug-likeness (QED) is 0.136. The zero-order valence-corrected chi connectivity index (χ0v) is 49.5. The number of nitrogens with one attached hydrogen (secondary N) is 1. The molecule has 0 radical (unpaired) electrons. The normalized spacial score (nSPS) is 44.4. The molecule has 0 bridgehead atoms. The van der Waals surface area contributed by atoms with Gasteiger partial charge in [-0.25, -0.2) is 0 Å². The maximum atomic E-state index is 13.5. The minimum atomic E-state index is -0.488. The highest BCUT2D eigenvalue weighted by Crippen LogP contribution is 2.67. The van der Waals surface area contributed by atoms with Gasteiger partial charge in [-0.3, -0.25) is 24.1 Å². The molecule has 10 rings (SSSR count). The second kappa shape index (κ2) is 25.2. The van der Waals surface area contributed by atoms with Crippen LogP contribution in [0, 0.1) is 93.7 Å². The minimum Gasteiger partial charge on any atom is -0.390 e. The molecule has 2 amide bonds. The van der Waals surface area contributed by atoms with Crippen molar-refractivity contribution in [3.05, 3.63) is 0 Å². The largest absolute Gasteiger partial charge is 0.390 e. The zero-order chi connectivity index (χ0) is 52.2. The number of carbonyl (C=O) groups excluding carboxylic acids is 4. The molecule has 13 heteroatoms. The maximum absolute atomic E-state index is 13.5. The summed E-state index contributed by atoms with van der Waals surface area (Å²) in [7, 11) is 0. The van der Waals surface area contributed by atoms with E-state index in [1.165, 1.54) is 77.0 Å². The number of ketones is 2. The summed E-state index contributed by atoms with van der Waals surface area (Å²) in [5, 5.41) is 25.3. The zero-order valence-electron chi connectivity index (χ0n) is 46.1. The molecule has 18 atom stereocenters. The van der Waals surface area contributed by atoms with Gasteiger partial charge in [0.2, 0.25) is 11.8 Å². The smallest absolute Gasteiger partial charge is 0.219 e. The highest BCUT2D eigenvalue weighted by Gasteiger charge is 2.61. The first-order valence-electron chi connectivity index (χ1n) is 28.6. The SMILES string of the molecule is CC(=O)N1CCN(CC(=O)[C@H]2CC[C@H]3[C@@H]4CC[C@H]5C[C@](C)(O)[C@@H](C)C[C@@H]5[C@H]4CC[C@]23C)CC1.CC(=O)N1CCNCC1.CS.CS.C[C@H]1C[C@H]2[C@@H](CC[C@@H]3[C@@H]2CC[C@]2(C)[C@@H](C(=O)CBr)CC[C@@H]32)C[C@]1(C)O. The van der Waals surface area contributed by atoms with Crippen molar-refractivity contribution < 1.29 is 29.4 Å². The number of nitrogens with zero attached hydrogens (tertiary/aromatic N) is 3. The van der Waals surface area contributed by atoms with Crippen LogP contribution in [0.2, 0.25) is 0 Å². The second-order valence-electron chi connectivity index (χ2n) is 25.7. The first kappa shape index (κ1) is 59.5. The fraction of sp³-hybridized carbons (Fsp3) is 0.931. The van der Waals surface area contributed by atoms with Gasteiger partial charge >= 0.3 is 0 Å². The lowest BCUT2D eigenvalue weighted by Gasteiger charge is -2.58. The van der Waals surface area contributed by atoms with Crippen LogP contribution in [0.3, 0.4) is 0 Å². The van der Waals surface area contributed by atoms with Crippen LogP contribution >= 0.6 is 41.2 Å². The fourth-order valence-electron chi connectivity index (χ4n) is 18.2. The van der Waals surface area contributed by atoms with Gasteiger partial charge in [0, 0.05) is 78.0 Å². The summed E-state index contributed by atoms with van der Waals surface area (Å²) in [5.74, 6) is 10.4. The number of hydrogen-bond acceptors (Lipinski definition) is 10. The number of piperazine rings is 2. The average molecular weight is 1090 g/mol. The molecule has 2 aliphatic heterocycles. The van der Waals surface area contributed by atoms with E-state index >= 15 is 0 Å². The van der Waals surface area contributed by atoms with E-state index in [9.17, 15) is 29.4 Å². The Balaban J connectivity index is 0.000000191. The number of Topliss-reactive ketones (excluding diaryl/α,β-unsaturated/α-hetero) is 2. The van der Waals surface area contributed by atoms with Crippen molar-refractivity contribution in [2.75, 3.05) is 76.7 Å². The molecule has 0 unspecified atom stereocenters. The van der Waals surface area contributed by atoms with Gasteiger partial charge in [-0.1, -0.05) is 43.6 Å². The van der Waals surface area contributed by atoms with E-state index in [2.05, 4.69) is 92.9 Å². The van der Waals surface area contributed by atoms with E-state index in [-0.39, 0.29) is 28.6 Å². The van der Waals surface area contributed by atoms with Gasteiger partial charge in [-0.15, -0.1) is 0 Å². The van der Waals surface area contributed by atoms with Crippen LogP contribution in [0.1, 0.15) is 158 Å². The molecule has 2 heterocycles. The summed E-state index contributed by atoms with van der Waals surface area (Å²) >= 11 is 10.5. The lowest BCUT2D eigenvalue weighted by molar-refractivity contribution is -0.138. The molecule has 0 aromatic rings. The molecule has 408 valence electrons. The third-order valence-electron chi connectivity index (χ3n) is 22.4. The number of fused-ring (bicyclic) bond motifs is 10. The molecule has 0 aromatic heterocycles. The third-order valence-corrected chi connectivity index (χ3v) is 23.0. The molecule has 8 aliphatic carbocycles. The van der Waals surface area contributed by atoms with Crippen LogP contribution in [0.5, 0.6) is 0 Å². The van der Waals surface area contributed by atoms with Crippen LogP contribution in [0.15, 0.2) is 0 Å². The lowest BCUT2D eigenvalue weighted by atomic mass is 9.48. The van der Waals surface area contributed by atoms with Gasteiger partial charge in [0.15, 0.2) is 0 Å². The summed E-state index contributed by atoms with van der Waals surface area (Å²) in [6.45, 7) is 24.2. The van der Waals surface area contributed by atoms with Crippen molar-refractivity contribution in [1.29, 1.82) is 0 Å². The summed E-state index contributed by atoms with van der Waals surface area (Å²) < 4.78 is 0. The average Bonchev–Trinajstić information content (AvgIpc) is 3.91. The highest BCUT2D eigenvalue weighted by atomic mass is 79.9. The van der Waals surface area contributed by atoms with Crippen molar-refractivity contribution >= 4 is 64.6 Å². The van der Waals surface area contributed by atoms with Crippen molar-refractivity contribution in [2.45, 2.75) is 169 Å². The van der Waals surface area contributed by atoms with Gasteiger partial charge in [0.1, 0.15) is 11.6 Å². The second-order valence-corrected chi connectivity index (χ2v) is 26.3. The molecule has 2 saturated heterocycles. The highest BCUT2D eigenvalue weighted by molar-refractivity contribution is 9.09. The fourth-order valence-corrected chi connectivity index (χ4v) is 18.6. The first-order chi connectivity index (χ1) is 33.7. The Labute approximate surface area is 451 Å². The van der Waals surface area contributed by atoms with Crippen molar-refractivity contribution in [3.8, 4) is 0 Å². The molecule has 71 heavy (non-hydrogen) atoms. The van der Waals surface area contributed by atoms with E-state index < -0.39 is 11.2 Å². The third kappa shape index (κ3) is 12.7. The van der Waals surface area contributed by atoms with E-state index in [1.54, 1.807) is 26.4 Å². The number of halogens is 1. The molecular formula is C58H101BrN4O6S2. The van der Waals surface area contributed by atoms with Gasteiger partial charge in [-0.2, -0.15) is 25.3 Å². The maximum Gasteiger partial charge on any atom is 0.219 e. The number of aliphatic hydroxyl groups is 2. The summed E-state index contributed by atoms with van der Waals surface area (Å²) in [4.78, 5) is 54.4. The van der Waals surface area contributed by atoms with Gasteiger partial charge < -0.3 is 25.3 Å².